The van der Waals surface area contributed by atoms with Gasteiger partial charge in [-0.3, -0.25) is 0 Å². The first-order chi connectivity index (χ1) is 25.7. The number of hydrogen-bond acceptors (Lipinski definition) is 4. The van der Waals surface area contributed by atoms with Crippen LogP contribution in [0.3, 0.4) is 0 Å². The highest BCUT2D eigenvalue weighted by Gasteiger charge is 2.50. The molecule has 0 fully saturated rings. The molecule has 3 nitrogen and oxygen atoms in total. The Morgan fingerprint density at radius 1 is 0.423 bits per heavy atom. The molecule has 1 aliphatic carbocycles. The lowest BCUT2D eigenvalue weighted by molar-refractivity contribution is 0.723. The molecule has 2 aliphatic rings. The van der Waals surface area contributed by atoms with Crippen LogP contribution in [0.2, 0.25) is 0 Å². The molecule has 0 saturated carbocycles. The van der Waals surface area contributed by atoms with Gasteiger partial charge in [-0.1, -0.05) is 157 Å². The van der Waals surface area contributed by atoms with Crippen molar-refractivity contribution < 1.29 is 0 Å². The van der Waals surface area contributed by atoms with Crippen LogP contribution in [0.1, 0.15) is 27.8 Å². The molecule has 10 rings (SSSR count). The summed E-state index contributed by atoms with van der Waals surface area (Å²) in [5, 5.41) is 9.66. The zero-order chi connectivity index (χ0) is 34.6. The third-order valence-corrected chi connectivity index (χ3v) is 11.5. The van der Waals surface area contributed by atoms with Crippen molar-refractivity contribution in [1.29, 1.82) is 5.26 Å². The van der Waals surface area contributed by atoms with Crippen LogP contribution in [-0.2, 0) is 5.41 Å². The van der Waals surface area contributed by atoms with Crippen LogP contribution in [0.25, 0.3) is 56.2 Å². The fourth-order valence-electron chi connectivity index (χ4n) is 8.09. The molecular weight excluding hydrogens is 651 g/mol. The van der Waals surface area contributed by atoms with Crippen molar-refractivity contribution in [3.05, 3.63) is 204 Å². The average molecular weight is 680 g/mol. The Balaban J connectivity index is 1.21. The molecule has 0 N–H and O–H groups in total. The zero-order valence-electron chi connectivity index (χ0n) is 28.0. The molecule has 52 heavy (non-hydrogen) atoms. The number of nitriles is 1. The largest absolute Gasteiger partial charge is 0.228 e. The average Bonchev–Trinajstić information content (AvgIpc) is 3.51. The summed E-state index contributed by atoms with van der Waals surface area (Å²) in [5.41, 5.74) is 14.8. The topological polar surface area (TPSA) is 49.6 Å². The van der Waals surface area contributed by atoms with Crippen LogP contribution in [0.4, 0.5) is 0 Å². The number of benzene rings is 7. The van der Waals surface area contributed by atoms with Gasteiger partial charge in [0.15, 0.2) is 5.82 Å². The minimum atomic E-state index is -0.495. The molecule has 0 bridgehead atoms. The fraction of sp³-hybridized carbons (Fsp3) is 0.0208. The van der Waals surface area contributed by atoms with E-state index in [2.05, 4.69) is 127 Å². The second kappa shape index (κ2) is 12.1. The van der Waals surface area contributed by atoms with Crippen LogP contribution in [-0.4, -0.2) is 9.97 Å². The molecule has 0 saturated heterocycles. The first-order valence-electron chi connectivity index (χ1n) is 17.4. The van der Waals surface area contributed by atoms with Crippen LogP contribution in [0, 0.1) is 11.3 Å². The Kier molecular flexibility index (Phi) is 7.02. The first-order valence-corrected chi connectivity index (χ1v) is 18.2. The lowest BCUT2D eigenvalue weighted by Gasteiger charge is -2.40. The molecular formula is C48H29N3S. The van der Waals surface area contributed by atoms with Gasteiger partial charge in [-0.2, -0.15) is 5.26 Å². The predicted octanol–water partition coefficient (Wildman–Crippen LogP) is 11.8. The summed E-state index contributed by atoms with van der Waals surface area (Å²) in [6.07, 6.45) is 0. The van der Waals surface area contributed by atoms with Gasteiger partial charge in [-0.05, 0) is 74.8 Å². The van der Waals surface area contributed by atoms with Crippen molar-refractivity contribution in [2.24, 2.45) is 0 Å². The molecule has 1 spiro atoms. The fourth-order valence-corrected chi connectivity index (χ4v) is 9.36. The standard InChI is InChI=1S/C48H29N3S/c49-30-31-12-11-17-34(26-31)35-22-24-41-45(27-35)52-46-28-36(23-25-42(46)48(41)39-20-9-7-18-37(39)38-19-8-10-21-40(38)48)44-29-43(32-13-3-1-4-14-32)50-47(51-44)33-15-5-2-6-16-33/h1-29H. The molecule has 0 atom stereocenters. The van der Waals surface area contributed by atoms with Crippen LogP contribution in [0.15, 0.2) is 186 Å². The molecule has 2 heterocycles. The molecule has 0 amide bonds. The Labute approximate surface area is 307 Å². The number of nitrogens with zero attached hydrogens (tertiary/aromatic N) is 3. The molecule has 1 aliphatic heterocycles. The number of hydrogen-bond donors (Lipinski definition) is 0. The van der Waals surface area contributed by atoms with E-state index in [4.69, 9.17) is 9.97 Å². The van der Waals surface area contributed by atoms with E-state index < -0.39 is 5.41 Å². The first kappa shape index (κ1) is 30.3. The Bertz CT molecular complexity index is 2630. The highest BCUT2D eigenvalue weighted by Crippen LogP contribution is 2.62. The monoisotopic (exact) mass is 679 g/mol. The van der Waals surface area contributed by atoms with Gasteiger partial charge >= 0.3 is 0 Å². The molecule has 0 radical (unpaired) electrons. The van der Waals surface area contributed by atoms with Crippen molar-refractivity contribution in [2.45, 2.75) is 15.2 Å². The predicted molar refractivity (Wildman–Crippen MR) is 210 cm³/mol. The van der Waals surface area contributed by atoms with Crippen molar-refractivity contribution in [3.8, 4) is 62.2 Å². The van der Waals surface area contributed by atoms with E-state index in [9.17, 15) is 5.26 Å². The maximum Gasteiger partial charge on any atom is 0.160 e. The maximum absolute atomic E-state index is 9.66. The van der Waals surface area contributed by atoms with E-state index in [1.54, 1.807) is 0 Å². The van der Waals surface area contributed by atoms with Gasteiger partial charge in [-0.25, -0.2) is 9.97 Å². The van der Waals surface area contributed by atoms with Gasteiger partial charge in [-0.15, -0.1) is 0 Å². The molecule has 7 aromatic carbocycles. The van der Waals surface area contributed by atoms with Crippen molar-refractivity contribution in [2.75, 3.05) is 0 Å². The zero-order valence-corrected chi connectivity index (χ0v) is 28.8. The summed E-state index contributed by atoms with van der Waals surface area (Å²) in [4.78, 5) is 12.6. The summed E-state index contributed by atoms with van der Waals surface area (Å²) >= 11 is 1.81. The van der Waals surface area contributed by atoms with Crippen molar-refractivity contribution >= 4 is 11.8 Å². The Morgan fingerprint density at radius 2 is 0.942 bits per heavy atom. The summed E-state index contributed by atoms with van der Waals surface area (Å²) < 4.78 is 0. The maximum atomic E-state index is 9.66. The number of rotatable bonds is 4. The molecule has 0 unspecified atom stereocenters. The van der Waals surface area contributed by atoms with Gasteiger partial charge in [0.1, 0.15) is 0 Å². The van der Waals surface area contributed by atoms with Gasteiger partial charge < -0.3 is 0 Å². The van der Waals surface area contributed by atoms with Crippen LogP contribution in [0.5, 0.6) is 0 Å². The molecule has 4 heteroatoms. The Morgan fingerprint density at radius 3 is 1.60 bits per heavy atom. The van der Waals surface area contributed by atoms with Crippen LogP contribution >= 0.6 is 11.8 Å². The van der Waals surface area contributed by atoms with Crippen LogP contribution < -0.4 is 0 Å². The van der Waals surface area contributed by atoms with Gasteiger partial charge in [0, 0.05) is 26.5 Å². The van der Waals surface area contributed by atoms with E-state index in [1.807, 2.05) is 66.4 Å². The van der Waals surface area contributed by atoms with E-state index in [-0.39, 0.29) is 0 Å². The highest BCUT2D eigenvalue weighted by molar-refractivity contribution is 7.99. The summed E-state index contributed by atoms with van der Waals surface area (Å²) in [6, 6.07) is 64.3. The summed E-state index contributed by atoms with van der Waals surface area (Å²) in [6.45, 7) is 0. The smallest absolute Gasteiger partial charge is 0.160 e. The minimum Gasteiger partial charge on any atom is -0.228 e. The van der Waals surface area contributed by atoms with E-state index in [1.165, 1.54) is 43.2 Å². The lowest BCUT2D eigenvalue weighted by Crippen LogP contribution is -2.32. The van der Waals surface area contributed by atoms with E-state index in [0.29, 0.717) is 11.4 Å². The van der Waals surface area contributed by atoms with Crippen molar-refractivity contribution in [3.63, 3.8) is 0 Å². The van der Waals surface area contributed by atoms with E-state index in [0.717, 1.165) is 39.2 Å². The SMILES string of the molecule is N#Cc1cccc(-c2ccc3c(c2)Sc2cc(-c4cc(-c5ccccc5)nc(-c5ccccc5)n4)ccc2C32c3ccccc3-c3ccccc32)c1. The number of fused-ring (bicyclic) bond motifs is 9. The second-order valence-corrected chi connectivity index (χ2v) is 14.3. The number of aromatic nitrogens is 2. The lowest BCUT2D eigenvalue weighted by atomic mass is 9.67. The highest BCUT2D eigenvalue weighted by atomic mass is 32.2. The third kappa shape index (κ3) is 4.67. The second-order valence-electron chi connectivity index (χ2n) is 13.3. The minimum absolute atomic E-state index is 0.495. The van der Waals surface area contributed by atoms with Gasteiger partial charge in [0.25, 0.3) is 0 Å². The molecule has 242 valence electrons. The molecule has 8 aromatic rings. The quantitative estimate of drug-likeness (QED) is 0.186. The van der Waals surface area contributed by atoms with Crippen molar-refractivity contribution in [1.82, 2.24) is 9.97 Å². The van der Waals surface area contributed by atoms with Gasteiger partial charge in [0.05, 0.1) is 28.4 Å². The third-order valence-electron chi connectivity index (χ3n) is 10.4. The molecule has 1 aromatic heterocycles. The van der Waals surface area contributed by atoms with E-state index >= 15 is 0 Å². The summed E-state index contributed by atoms with van der Waals surface area (Å²) in [5.74, 6) is 0.701. The normalized spacial score (nSPS) is 13.1. The van der Waals surface area contributed by atoms with Gasteiger partial charge in [0.2, 0.25) is 0 Å². The summed E-state index contributed by atoms with van der Waals surface area (Å²) in [7, 11) is 0. The Hall–Kier alpha value is -6.54.